The van der Waals surface area contributed by atoms with Crippen LogP contribution in [0.4, 0.5) is 8.78 Å². The number of pyridine rings is 1. The number of aliphatic hydroxyl groups excluding tert-OH is 1. The number of nitrogens with one attached hydrogen (secondary N) is 1. The van der Waals surface area contributed by atoms with Crippen LogP contribution in [0, 0.1) is 11.6 Å². The van der Waals surface area contributed by atoms with Gasteiger partial charge in [-0.25, -0.2) is 8.78 Å². The molecule has 2 unspecified atom stereocenters. The maximum absolute atomic E-state index is 14.1. The molecule has 2 bridgehead atoms. The minimum atomic E-state index is -0.818. The monoisotopic (exact) mass is 523 g/mol. The molecule has 5 rings (SSSR count). The molecule has 2 aliphatic rings. The minimum absolute atomic E-state index is 0.00365. The first kappa shape index (κ1) is 25.6. The Balaban J connectivity index is 1.53. The van der Waals surface area contributed by atoms with Crippen LogP contribution >= 0.6 is 0 Å². The summed E-state index contributed by atoms with van der Waals surface area (Å²) in [4.78, 5) is 41.9. The summed E-state index contributed by atoms with van der Waals surface area (Å²) in [5.74, 6) is -3.01. The number of aromatic nitrogens is 1. The molecule has 198 valence electrons. The highest BCUT2D eigenvalue weighted by atomic mass is 19.1. The van der Waals surface area contributed by atoms with E-state index in [1.165, 1.54) is 12.3 Å². The maximum atomic E-state index is 14.1. The van der Waals surface area contributed by atoms with Gasteiger partial charge in [0.1, 0.15) is 23.8 Å². The van der Waals surface area contributed by atoms with Gasteiger partial charge in [-0.2, -0.15) is 0 Å². The SMILES string of the molecule is O=C(NCc1ccc(F)cc1F)c1cn2c(c(OCc3ccccc3)c1=O)C(=O)N1CC2CCCC1CO. The number of benzene rings is 2. The summed E-state index contributed by atoms with van der Waals surface area (Å²) in [7, 11) is 0. The molecule has 10 heteroatoms. The van der Waals surface area contributed by atoms with Gasteiger partial charge in [0.15, 0.2) is 11.4 Å². The highest BCUT2D eigenvalue weighted by Crippen LogP contribution is 2.34. The molecule has 0 spiro atoms. The topological polar surface area (TPSA) is 101 Å². The van der Waals surface area contributed by atoms with Crippen molar-refractivity contribution in [2.75, 3.05) is 13.2 Å². The predicted octanol–water partition coefficient (Wildman–Crippen LogP) is 3.18. The molecule has 0 radical (unpaired) electrons. The molecule has 2 aliphatic heterocycles. The second-order valence-corrected chi connectivity index (χ2v) is 9.53. The second-order valence-electron chi connectivity index (χ2n) is 9.53. The quantitative estimate of drug-likeness (QED) is 0.496. The summed E-state index contributed by atoms with van der Waals surface area (Å²) in [6.07, 6.45) is 3.41. The molecule has 2 N–H and O–H groups in total. The van der Waals surface area contributed by atoms with Gasteiger partial charge in [-0.1, -0.05) is 36.4 Å². The number of hydrogen-bond acceptors (Lipinski definition) is 5. The van der Waals surface area contributed by atoms with Gasteiger partial charge >= 0.3 is 0 Å². The maximum Gasteiger partial charge on any atom is 0.274 e. The minimum Gasteiger partial charge on any atom is -0.483 e. The van der Waals surface area contributed by atoms with E-state index in [0.29, 0.717) is 25.5 Å². The van der Waals surface area contributed by atoms with Crippen molar-refractivity contribution in [2.45, 2.75) is 44.5 Å². The lowest BCUT2D eigenvalue weighted by Crippen LogP contribution is -2.49. The molecule has 3 heterocycles. The van der Waals surface area contributed by atoms with E-state index < -0.39 is 28.9 Å². The second kappa shape index (κ2) is 10.7. The number of carbonyl (C=O) groups excluding carboxylic acids is 2. The Morgan fingerprint density at radius 2 is 1.89 bits per heavy atom. The van der Waals surface area contributed by atoms with E-state index in [-0.39, 0.29) is 54.4 Å². The number of rotatable bonds is 7. The summed E-state index contributed by atoms with van der Waals surface area (Å²) in [5, 5.41) is 12.4. The zero-order valence-electron chi connectivity index (χ0n) is 20.5. The molecule has 8 nitrogen and oxygen atoms in total. The van der Waals surface area contributed by atoms with E-state index in [1.54, 1.807) is 9.47 Å². The van der Waals surface area contributed by atoms with Gasteiger partial charge in [-0.3, -0.25) is 14.4 Å². The zero-order valence-corrected chi connectivity index (χ0v) is 20.5. The van der Waals surface area contributed by atoms with Crippen LogP contribution in [-0.4, -0.2) is 45.6 Å². The Morgan fingerprint density at radius 3 is 2.63 bits per heavy atom. The molecule has 3 aromatic rings. The van der Waals surface area contributed by atoms with E-state index in [1.807, 2.05) is 30.3 Å². The van der Waals surface area contributed by atoms with Crippen LogP contribution in [0.3, 0.4) is 0 Å². The van der Waals surface area contributed by atoms with Crippen molar-refractivity contribution in [3.63, 3.8) is 0 Å². The number of amides is 2. The van der Waals surface area contributed by atoms with Crippen molar-refractivity contribution in [2.24, 2.45) is 0 Å². The molecule has 1 fully saturated rings. The van der Waals surface area contributed by atoms with Gasteiger partial charge in [-0.15, -0.1) is 0 Å². The first-order valence-corrected chi connectivity index (χ1v) is 12.5. The van der Waals surface area contributed by atoms with Crippen LogP contribution in [0.5, 0.6) is 5.75 Å². The highest BCUT2D eigenvalue weighted by Gasteiger charge is 2.40. The van der Waals surface area contributed by atoms with Crippen molar-refractivity contribution in [1.29, 1.82) is 0 Å². The Hall–Kier alpha value is -4.05. The van der Waals surface area contributed by atoms with E-state index in [4.69, 9.17) is 4.74 Å². The average Bonchev–Trinajstić information content (AvgIpc) is 3.11. The smallest absolute Gasteiger partial charge is 0.274 e. The van der Waals surface area contributed by atoms with Crippen molar-refractivity contribution in [1.82, 2.24) is 14.8 Å². The third-order valence-electron chi connectivity index (χ3n) is 7.11. The molecule has 1 saturated heterocycles. The van der Waals surface area contributed by atoms with Crippen LogP contribution in [-0.2, 0) is 13.2 Å². The van der Waals surface area contributed by atoms with Gasteiger partial charge < -0.3 is 24.6 Å². The third kappa shape index (κ3) is 4.91. The lowest BCUT2D eigenvalue weighted by molar-refractivity contribution is 0.0499. The molecular weight excluding hydrogens is 496 g/mol. The first-order valence-electron chi connectivity index (χ1n) is 12.5. The first-order chi connectivity index (χ1) is 18.4. The number of carbonyl (C=O) groups is 2. The fourth-order valence-electron chi connectivity index (χ4n) is 5.08. The Bertz CT molecular complexity index is 1430. The van der Waals surface area contributed by atoms with Crippen LogP contribution in [0.15, 0.2) is 59.5 Å². The Labute approximate surface area is 217 Å². The fourth-order valence-corrected chi connectivity index (χ4v) is 5.08. The summed E-state index contributed by atoms with van der Waals surface area (Å²) in [5.41, 5.74) is -0.144. The van der Waals surface area contributed by atoms with Crippen molar-refractivity contribution in [3.05, 3.63) is 99.0 Å². The number of fused-ring (bicyclic) bond motifs is 4. The van der Waals surface area contributed by atoms with E-state index >= 15 is 0 Å². The zero-order chi connectivity index (χ0) is 26.8. The fraction of sp³-hybridized carbons (Fsp3) is 0.321. The molecule has 0 saturated carbocycles. The molecule has 2 aromatic carbocycles. The van der Waals surface area contributed by atoms with Crippen LogP contribution in [0.1, 0.15) is 57.3 Å². The summed E-state index contributed by atoms with van der Waals surface area (Å²) < 4.78 is 34.9. The Kier molecular flexibility index (Phi) is 7.24. The number of nitrogens with zero attached hydrogens (tertiary/aromatic N) is 2. The molecule has 0 aliphatic carbocycles. The summed E-state index contributed by atoms with van der Waals surface area (Å²) in [6.45, 7) is -0.125. The van der Waals surface area contributed by atoms with E-state index in [0.717, 1.165) is 18.1 Å². The predicted molar refractivity (Wildman–Crippen MR) is 134 cm³/mol. The number of halogens is 2. The van der Waals surface area contributed by atoms with Crippen LogP contribution in [0.2, 0.25) is 0 Å². The van der Waals surface area contributed by atoms with Gasteiger partial charge in [0, 0.05) is 30.9 Å². The number of ether oxygens (including phenoxy) is 1. The van der Waals surface area contributed by atoms with Crippen molar-refractivity contribution >= 4 is 11.8 Å². The molecule has 38 heavy (non-hydrogen) atoms. The Morgan fingerprint density at radius 1 is 1.11 bits per heavy atom. The van der Waals surface area contributed by atoms with Gasteiger partial charge in [0.25, 0.3) is 11.8 Å². The van der Waals surface area contributed by atoms with E-state index in [2.05, 4.69) is 5.32 Å². The highest BCUT2D eigenvalue weighted by molar-refractivity contribution is 5.99. The summed E-state index contributed by atoms with van der Waals surface area (Å²) in [6, 6.07) is 11.5. The molecular formula is C28H27F2N3O5. The lowest BCUT2D eigenvalue weighted by atomic mass is 10.1. The number of hydrogen-bond donors (Lipinski definition) is 2. The van der Waals surface area contributed by atoms with Crippen LogP contribution in [0.25, 0.3) is 0 Å². The normalized spacial score (nSPS) is 18.5. The molecule has 2 amide bonds. The third-order valence-corrected chi connectivity index (χ3v) is 7.11. The average molecular weight is 524 g/mol. The largest absolute Gasteiger partial charge is 0.483 e. The van der Waals surface area contributed by atoms with Gasteiger partial charge in [0.2, 0.25) is 5.43 Å². The summed E-state index contributed by atoms with van der Waals surface area (Å²) >= 11 is 0. The van der Waals surface area contributed by atoms with Crippen molar-refractivity contribution in [3.8, 4) is 5.75 Å². The van der Waals surface area contributed by atoms with Gasteiger partial charge in [-0.05, 0) is 30.9 Å². The van der Waals surface area contributed by atoms with E-state index in [9.17, 15) is 28.3 Å². The number of aliphatic hydroxyl groups is 1. The standard InChI is InChI=1S/C28H27F2N3O5/c29-19-10-9-18(23(30)11-19)12-31-27(36)22-14-32-20-7-4-8-21(15-34)33(13-20)28(37)24(32)26(25(22)35)38-16-17-5-2-1-3-6-17/h1-3,5-6,9-11,14,20-21,34H,4,7-8,12-13,15-16H2,(H,31,36). The van der Waals surface area contributed by atoms with Gasteiger partial charge in [0.05, 0.1) is 18.7 Å². The molecule has 1 aromatic heterocycles. The van der Waals surface area contributed by atoms with Crippen LogP contribution < -0.4 is 15.5 Å². The molecule has 2 atom stereocenters. The lowest BCUT2D eigenvalue weighted by Gasteiger charge is -2.38. The van der Waals surface area contributed by atoms with Crippen molar-refractivity contribution < 1.29 is 28.2 Å².